The molecule has 2 N–H and O–H groups in total. The van der Waals surface area contributed by atoms with Gasteiger partial charge in [-0.25, -0.2) is 4.79 Å². The van der Waals surface area contributed by atoms with Crippen molar-refractivity contribution in [2.45, 2.75) is 13.5 Å². The zero-order valence-corrected chi connectivity index (χ0v) is 9.79. The number of carboxylic acid groups (broad SMARTS) is 1. The number of rotatable bonds is 5. The van der Waals surface area contributed by atoms with E-state index in [2.05, 4.69) is 5.32 Å². The molecule has 1 aromatic rings. The molecule has 1 aromatic heterocycles. The summed E-state index contributed by atoms with van der Waals surface area (Å²) in [5, 5.41) is 13.2. The van der Waals surface area contributed by atoms with Crippen LogP contribution in [0.25, 0.3) is 0 Å². The van der Waals surface area contributed by atoms with E-state index in [1.165, 1.54) is 4.90 Å². The predicted molar refractivity (Wildman–Crippen MR) is 61.4 cm³/mol. The molecule has 0 atom stereocenters. The van der Waals surface area contributed by atoms with Crippen LogP contribution in [0.3, 0.4) is 0 Å². The molecule has 0 aromatic carbocycles. The first-order chi connectivity index (χ1) is 7.63. The number of hydrogen-bond acceptors (Lipinski definition) is 3. The summed E-state index contributed by atoms with van der Waals surface area (Å²) in [6.45, 7) is 2.29. The van der Waals surface area contributed by atoms with Gasteiger partial charge < -0.3 is 15.3 Å². The zero-order chi connectivity index (χ0) is 12.0. The van der Waals surface area contributed by atoms with Gasteiger partial charge in [-0.2, -0.15) is 0 Å². The van der Waals surface area contributed by atoms with Crippen molar-refractivity contribution in [1.82, 2.24) is 10.2 Å². The second-order valence-corrected chi connectivity index (χ2v) is 4.18. The van der Waals surface area contributed by atoms with Crippen LogP contribution in [-0.2, 0) is 11.3 Å². The molecule has 88 valence electrons. The Morgan fingerprint density at radius 3 is 2.81 bits per heavy atom. The topological polar surface area (TPSA) is 69.6 Å². The molecule has 0 fully saturated rings. The Bertz CT molecular complexity index is 351. The molecule has 0 aliphatic carbocycles. The molecule has 2 amide bonds. The fraction of sp³-hybridized carbons (Fsp3) is 0.400. The van der Waals surface area contributed by atoms with E-state index >= 15 is 0 Å². The fourth-order valence-corrected chi connectivity index (χ4v) is 1.82. The third kappa shape index (κ3) is 3.90. The zero-order valence-electron chi connectivity index (χ0n) is 8.97. The summed E-state index contributed by atoms with van der Waals surface area (Å²) in [4.78, 5) is 24.3. The van der Waals surface area contributed by atoms with Crippen molar-refractivity contribution < 1.29 is 14.7 Å². The molecule has 0 spiro atoms. The quantitative estimate of drug-likeness (QED) is 0.819. The van der Waals surface area contributed by atoms with E-state index in [0.717, 1.165) is 4.88 Å². The highest BCUT2D eigenvalue weighted by atomic mass is 32.1. The summed E-state index contributed by atoms with van der Waals surface area (Å²) in [6, 6.07) is 3.47. The molecule has 5 nitrogen and oxygen atoms in total. The lowest BCUT2D eigenvalue weighted by atomic mass is 10.4. The normalized spacial score (nSPS) is 9.81. The standard InChI is InChI=1S/C10H14N2O3S/c1-2-12(7-9(13)14)10(15)11-6-8-4-3-5-16-8/h3-5H,2,6-7H2,1H3,(H,11,15)(H,13,14). The summed E-state index contributed by atoms with van der Waals surface area (Å²) in [7, 11) is 0. The molecule has 1 heterocycles. The van der Waals surface area contributed by atoms with Crippen molar-refractivity contribution in [1.29, 1.82) is 0 Å². The molecule has 16 heavy (non-hydrogen) atoms. The van der Waals surface area contributed by atoms with Gasteiger partial charge in [-0.05, 0) is 18.4 Å². The number of hydrogen-bond donors (Lipinski definition) is 2. The Labute approximate surface area is 97.7 Å². The molecule has 0 unspecified atom stereocenters. The van der Waals surface area contributed by atoms with Crippen LogP contribution in [0.5, 0.6) is 0 Å². The van der Waals surface area contributed by atoms with Gasteiger partial charge in [0.1, 0.15) is 6.54 Å². The number of aliphatic carboxylic acids is 1. The third-order valence-electron chi connectivity index (χ3n) is 1.99. The molecule has 6 heteroatoms. The molecule has 0 aliphatic rings. The highest BCUT2D eigenvalue weighted by Gasteiger charge is 2.14. The van der Waals surface area contributed by atoms with Crippen LogP contribution < -0.4 is 5.32 Å². The van der Waals surface area contributed by atoms with Crippen molar-refractivity contribution in [2.24, 2.45) is 0 Å². The highest BCUT2D eigenvalue weighted by molar-refractivity contribution is 7.09. The average molecular weight is 242 g/mol. The van der Waals surface area contributed by atoms with Crippen molar-refractivity contribution in [3.05, 3.63) is 22.4 Å². The molecular formula is C10H14N2O3S. The van der Waals surface area contributed by atoms with Crippen LogP contribution in [0.15, 0.2) is 17.5 Å². The molecule has 0 saturated heterocycles. The molecule has 0 saturated carbocycles. The van der Waals surface area contributed by atoms with E-state index < -0.39 is 5.97 Å². The number of carboxylic acids is 1. The summed E-state index contributed by atoms with van der Waals surface area (Å²) in [5.41, 5.74) is 0. The van der Waals surface area contributed by atoms with Crippen LogP contribution >= 0.6 is 11.3 Å². The number of nitrogens with one attached hydrogen (secondary N) is 1. The molecule has 1 rings (SSSR count). The Kier molecular flexibility index (Phi) is 4.78. The number of likely N-dealkylation sites (N-methyl/N-ethyl adjacent to an activating group) is 1. The highest BCUT2D eigenvalue weighted by Crippen LogP contribution is 2.07. The van der Waals surface area contributed by atoms with E-state index in [4.69, 9.17) is 5.11 Å². The fourth-order valence-electron chi connectivity index (χ4n) is 1.18. The number of urea groups is 1. The van der Waals surface area contributed by atoms with Crippen LogP contribution in [0.2, 0.25) is 0 Å². The lowest BCUT2D eigenvalue weighted by molar-refractivity contribution is -0.137. The summed E-state index contributed by atoms with van der Waals surface area (Å²) < 4.78 is 0. The third-order valence-corrected chi connectivity index (χ3v) is 2.87. The first-order valence-corrected chi connectivity index (χ1v) is 5.78. The summed E-state index contributed by atoms with van der Waals surface area (Å²) in [6.07, 6.45) is 0. The summed E-state index contributed by atoms with van der Waals surface area (Å²) in [5.74, 6) is -1.01. The second-order valence-electron chi connectivity index (χ2n) is 3.15. The van der Waals surface area contributed by atoms with Gasteiger partial charge >= 0.3 is 12.0 Å². The molecule has 0 radical (unpaired) electrons. The van der Waals surface area contributed by atoms with Gasteiger partial charge in [0.25, 0.3) is 0 Å². The van der Waals surface area contributed by atoms with Gasteiger partial charge in [0, 0.05) is 11.4 Å². The number of carbonyl (C=O) groups excluding carboxylic acids is 1. The minimum atomic E-state index is -1.01. The maximum Gasteiger partial charge on any atom is 0.323 e. The van der Waals surface area contributed by atoms with Crippen LogP contribution in [0.1, 0.15) is 11.8 Å². The van der Waals surface area contributed by atoms with E-state index in [1.54, 1.807) is 18.3 Å². The van der Waals surface area contributed by atoms with Gasteiger partial charge in [-0.1, -0.05) is 6.07 Å². The monoisotopic (exact) mass is 242 g/mol. The molecular weight excluding hydrogens is 228 g/mol. The lowest BCUT2D eigenvalue weighted by Gasteiger charge is -2.18. The number of carbonyl (C=O) groups is 2. The first kappa shape index (κ1) is 12.5. The van der Waals surface area contributed by atoms with Gasteiger partial charge in [0.05, 0.1) is 6.54 Å². The van der Waals surface area contributed by atoms with Gasteiger partial charge in [-0.15, -0.1) is 11.3 Å². The largest absolute Gasteiger partial charge is 0.480 e. The van der Waals surface area contributed by atoms with Crippen LogP contribution in [0, 0.1) is 0 Å². The Morgan fingerprint density at radius 1 is 1.56 bits per heavy atom. The maximum atomic E-state index is 11.6. The van der Waals surface area contributed by atoms with E-state index in [1.807, 2.05) is 17.5 Å². The second kappa shape index (κ2) is 6.12. The first-order valence-electron chi connectivity index (χ1n) is 4.90. The molecule has 0 aliphatic heterocycles. The Balaban J connectivity index is 2.40. The van der Waals surface area contributed by atoms with E-state index in [0.29, 0.717) is 13.1 Å². The van der Waals surface area contributed by atoms with E-state index in [-0.39, 0.29) is 12.6 Å². The number of amides is 2. The van der Waals surface area contributed by atoms with Gasteiger partial charge in [0.15, 0.2) is 0 Å². The van der Waals surface area contributed by atoms with Crippen LogP contribution in [0.4, 0.5) is 4.79 Å². The Hall–Kier alpha value is -1.56. The van der Waals surface area contributed by atoms with Crippen molar-refractivity contribution in [2.75, 3.05) is 13.1 Å². The molecule has 0 bridgehead atoms. The average Bonchev–Trinajstić information content (AvgIpc) is 2.75. The summed E-state index contributed by atoms with van der Waals surface area (Å²) >= 11 is 1.55. The minimum absolute atomic E-state index is 0.271. The minimum Gasteiger partial charge on any atom is -0.480 e. The van der Waals surface area contributed by atoms with Crippen LogP contribution in [-0.4, -0.2) is 35.1 Å². The number of nitrogens with zero attached hydrogens (tertiary/aromatic N) is 1. The predicted octanol–water partition coefficient (Wildman–Crippen LogP) is 1.36. The van der Waals surface area contributed by atoms with Crippen molar-refractivity contribution in [3.8, 4) is 0 Å². The Morgan fingerprint density at radius 2 is 2.31 bits per heavy atom. The van der Waals surface area contributed by atoms with Crippen molar-refractivity contribution in [3.63, 3.8) is 0 Å². The SMILES string of the molecule is CCN(CC(=O)O)C(=O)NCc1cccs1. The van der Waals surface area contributed by atoms with E-state index in [9.17, 15) is 9.59 Å². The lowest BCUT2D eigenvalue weighted by Crippen LogP contribution is -2.42. The van der Waals surface area contributed by atoms with Crippen molar-refractivity contribution >= 4 is 23.3 Å². The van der Waals surface area contributed by atoms with Gasteiger partial charge in [-0.3, -0.25) is 4.79 Å². The number of thiophene rings is 1. The smallest absolute Gasteiger partial charge is 0.323 e. The maximum absolute atomic E-state index is 11.6. The van der Waals surface area contributed by atoms with Gasteiger partial charge in [0.2, 0.25) is 0 Å².